The van der Waals surface area contributed by atoms with Crippen molar-refractivity contribution in [3.63, 3.8) is 0 Å². The summed E-state index contributed by atoms with van der Waals surface area (Å²) in [5.41, 5.74) is 0. The van der Waals surface area contributed by atoms with E-state index in [4.69, 9.17) is 4.19 Å². The van der Waals surface area contributed by atoms with Crippen LogP contribution in [0.3, 0.4) is 0 Å². The van der Waals surface area contributed by atoms with Crippen molar-refractivity contribution >= 4 is 0 Å². The van der Waals surface area contributed by atoms with Gasteiger partial charge >= 0.3 is 65.2 Å². The Hall–Kier alpha value is 1.76. The number of hydrogen-bond acceptors (Lipinski definition) is 2. The third kappa shape index (κ3) is 9.25. The summed E-state index contributed by atoms with van der Waals surface area (Å²) in [6.07, 6.45) is 0. The summed E-state index contributed by atoms with van der Waals surface area (Å²) in [5, 5.41) is 0. The fraction of sp³-hybridized carbons (Fsp3) is 0. The standard InChI is InChI=1S/Dy.2O.Zr. The molecule has 0 aliphatic rings. The molecule has 4 heavy (non-hydrogen) atoms. The monoisotopic (exact) mass is 286 g/mol. The van der Waals surface area contributed by atoms with Crippen molar-refractivity contribution < 1.29 is 65.2 Å². The van der Waals surface area contributed by atoms with Gasteiger partial charge in [-0.1, -0.05) is 0 Å². The van der Waals surface area contributed by atoms with Gasteiger partial charge in [-0.3, -0.25) is 0 Å². The van der Waals surface area contributed by atoms with Gasteiger partial charge in [-0.25, -0.2) is 0 Å². The first-order chi connectivity index (χ1) is 2.00. The topological polar surface area (TPSA) is 34.1 Å². The zero-order valence-electron chi connectivity index (χ0n) is 1.63. The summed E-state index contributed by atoms with van der Waals surface area (Å²) in [5.74, 6) is 0. The molecule has 26 valence electrons. The predicted octanol–water partition coefficient (Wildman–Crippen LogP) is -0.240. The van der Waals surface area contributed by atoms with E-state index in [1.807, 2.05) is 0 Å². The van der Waals surface area contributed by atoms with Crippen LogP contribution in [0.25, 0.3) is 0 Å². The van der Waals surface area contributed by atoms with Crippen LogP contribution in [0.1, 0.15) is 0 Å². The van der Waals surface area contributed by atoms with Gasteiger partial charge in [0.2, 0.25) is 0 Å². The first-order valence-electron chi connectivity index (χ1n) is 0.333. The van der Waals surface area contributed by atoms with E-state index < -0.39 is 0 Å². The van der Waals surface area contributed by atoms with Gasteiger partial charge in [0.05, 0.1) is 0 Å². The predicted molar refractivity (Wildman–Crippen MR) is 1.37 cm³/mol. The van der Waals surface area contributed by atoms with Crippen LogP contribution in [-0.4, -0.2) is 0 Å². The quantitative estimate of drug-likeness (QED) is 0.616. The molecular formula is DyO2Zr. The molecule has 0 N–H and O–H groups in total. The Kier molecular flexibility index (Phi) is 50.2. The normalized spacial score (nSPS) is 2.25. The zero-order chi connectivity index (χ0) is 4.00. The first-order valence-corrected chi connectivity index (χ1v) is 2.17. The van der Waals surface area contributed by atoms with Crippen LogP contribution in [0, 0.1) is 36.3 Å². The molecule has 0 saturated heterocycles. The minimum atomic E-state index is 0.300. The molecule has 0 bridgehead atoms. The molecule has 0 aromatic rings. The molecule has 0 amide bonds. The summed E-state index contributed by atoms with van der Waals surface area (Å²) >= 11 is 1.19. The second kappa shape index (κ2) is 21.8. The van der Waals surface area contributed by atoms with Crippen LogP contribution < -0.4 is 0 Å². The molecule has 0 rings (SSSR count). The number of hydrogen-bond donors (Lipinski definition) is 0. The summed E-state index contributed by atoms with van der Waals surface area (Å²) in [6, 6.07) is 0. The van der Waals surface area contributed by atoms with Gasteiger partial charge in [-0.05, 0) is 0 Å². The van der Waals surface area contributed by atoms with Crippen molar-refractivity contribution in [2.45, 2.75) is 0 Å². The van der Waals surface area contributed by atoms with Gasteiger partial charge in [0, 0.05) is 0 Å². The van der Waals surface area contributed by atoms with Crippen LogP contribution in [0.5, 0.6) is 0 Å². The van der Waals surface area contributed by atoms with E-state index in [-0.39, 0.29) is 0 Å². The molecule has 0 spiro atoms. The van der Waals surface area contributed by atoms with E-state index >= 15 is 0 Å². The average molecular weight is 286 g/mol. The first kappa shape index (κ1) is 9.23. The average Bonchev–Trinajstić information content (AvgIpc) is 1.50. The Balaban J connectivity index is 0. The van der Waals surface area contributed by atoms with E-state index in [9.17, 15) is 0 Å². The Morgan fingerprint density at radius 1 is 1.25 bits per heavy atom. The van der Waals surface area contributed by atoms with Gasteiger partial charge in [-0.15, -0.1) is 0 Å². The summed E-state index contributed by atoms with van der Waals surface area (Å²) < 4.78 is 16.6. The Morgan fingerprint density at radius 3 is 1.25 bits per heavy atom. The molecule has 0 atom stereocenters. The molecule has 0 heterocycles. The summed E-state index contributed by atoms with van der Waals surface area (Å²) in [4.78, 5) is 0. The molecular weight excluding hydrogens is 286 g/mol. The zero-order valence-corrected chi connectivity index (χ0v) is 6.12. The van der Waals surface area contributed by atoms with Gasteiger partial charge in [0.1, 0.15) is 0 Å². The van der Waals surface area contributed by atoms with Crippen molar-refractivity contribution in [1.82, 2.24) is 0 Å². The van der Waals surface area contributed by atoms with Crippen molar-refractivity contribution in [2.24, 2.45) is 0 Å². The number of rotatable bonds is 0. The molecule has 0 radical (unpaired) electrons. The molecule has 4 heteroatoms. The van der Waals surface area contributed by atoms with Crippen molar-refractivity contribution in [3.05, 3.63) is 0 Å². The molecule has 0 aromatic heterocycles. The van der Waals surface area contributed by atoms with Crippen molar-refractivity contribution in [3.8, 4) is 0 Å². The van der Waals surface area contributed by atoms with E-state index in [2.05, 4.69) is 0 Å². The van der Waals surface area contributed by atoms with E-state index in [0.717, 1.165) is 36.3 Å². The molecule has 0 saturated carbocycles. The van der Waals surface area contributed by atoms with Crippen molar-refractivity contribution in [2.75, 3.05) is 0 Å². The summed E-state index contributed by atoms with van der Waals surface area (Å²) in [7, 11) is 0. The van der Waals surface area contributed by atoms with E-state index in [1.54, 1.807) is 0 Å². The Labute approximate surface area is 64.0 Å². The Morgan fingerprint density at radius 2 is 1.25 bits per heavy atom. The minimum absolute atomic E-state index is 0.300. The van der Waals surface area contributed by atoms with Crippen LogP contribution in [-0.2, 0) is 28.9 Å². The molecule has 0 unspecified atom stereocenters. The third-order valence-corrected chi connectivity index (χ3v) is 0. The second-order valence-electron chi connectivity index (χ2n) is 0. The molecule has 0 aromatic carbocycles. The maximum absolute atomic E-state index is 8.34. The molecule has 0 aliphatic carbocycles. The maximum atomic E-state index is 8.34. The molecule has 0 fully saturated rings. The molecule has 2 nitrogen and oxygen atoms in total. The summed E-state index contributed by atoms with van der Waals surface area (Å²) in [6.45, 7) is 0. The molecule has 0 aliphatic heterocycles. The fourth-order valence-corrected chi connectivity index (χ4v) is 0. The Bertz CT molecular complexity index is 8.00. The van der Waals surface area contributed by atoms with Crippen LogP contribution in [0.15, 0.2) is 0 Å². The van der Waals surface area contributed by atoms with Gasteiger partial charge < -0.3 is 0 Å². The third-order valence-electron chi connectivity index (χ3n) is 0. The van der Waals surface area contributed by atoms with E-state index in [1.165, 1.54) is 0 Å². The fourth-order valence-electron chi connectivity index (χ4n) is 0. The van der Waals surface area contributed by atoms with Crippen LogP contribution >= 0.6 is 0 Å². The second-order valence-corrected chi connectivity index (χ2v) is 0. The van der Waals surface area contributed by atoms with Crippen molar-refractivity contribution in [1.29, 1.82) is 0 Å². The van der Waals surface area contributed by atoms with Crippen LogP contribution in [0.2, 0.25) is 0 Å². The van der Waals surface area contributed by atoms with Crippen LogP contribution in [0.4, 0.5) is 0 Å². The van der Waals surface area contributed by atoms with Gasteiger partial charge in [-0.2, -0.15) is 0 Å². The van der Waals surface area contributed by atoms with Gasteiger partial charge in [0.25, 0.3) is 0 Å². The van der Waals surface area contributed by atoms with E-state index in [0.29, 0.717) is 24.7 Å². The SMILES string of the molecule is [O]=[Dy].[O]=[Zr]. The van der Waals surface area contributed by atoms with Gasteiger partial charge in [0.15, 0.2) is 0 Å².